The van der Waals surface area contributed by atoms with Gasteiger partial charge >= 0.3 is 0 Å². The molecule has 0 spiro atoms. The van der Waals surface area contributed by atoms with E-state index in [9.17, 15) is 0 Å². The Balaban J connectivity index is 1.66. The maximum Gasteiger partial charge on any atom is 0.0223 e. The number of rotatable bonds is 2. The van der Waals surface area contributed by atoms with E-state index in [1.165, 1.54) is 77.5 Å². The topological polar surface area (TPSA) is 6.48 Å². The molecule has 3 atom stereocenters. The highest BCUT2D eigenvalue weighted by atomic mass is 15.3. The molecule has 2 saturated heterocycles. The highest BCUT2D eigenvalue weighted by molar-refractivity contribution is 4.90. The minimum Gasteiger partial charge on any atom is -0.299 e. The van der Waals surface area contributed by atoms with Crippen molar-refractivity contribution in [3.8, 4) is 0 Å². The lowest BCUT2D eigenvalue weighted by Crippen LogP contribution is -2.46. The zero-order valence-corrected chi connectivity index (χ0v) is 12.1. The van der Waals surface area contributed by atoms with Crippen LogP contribution in [0.2, 0.25) is 0 Å². The average Bonchev–Trinajstić information content (AvgIpc) is 2.76. The first-order valence-corrected chi connectivity index (χ1v) is 8.36. The largest absolute Gasteiger partial charge is 0.299 e. The van der Waals surface area contributed by atoms with Gasteiger partial charge < -0.3 is 0 Å². The molecule has 18 heavy (non-hydrogen) atoms. The highest BCUT2D eigenvalue weighted by Gasteiger charge is 2.34. The standard InChI is InChI=1S/C16H30N2/c1-2-14-7-3-4-9-16(14)18-12-6-11-17-10-5-8-15(17)13-18/h14-16H,2-13H2,1H3. The molecule has 0 amide bonds. The Bertz CT molecular complexity index is 266. The van der Waals surface area contributed by atoms with Gasteiger partial charge in [-0.1, -0.05) is 26.2 Å². The molecule has 2 nitrogen and oxygen atoms in total. The quantitative estimate of drug-likeness (QED) is 0.743. The second kappa shape index (κ2) is 5.92. The van der Waals surface area contributed by atoms with Crippen LogP contribution in [-0.4, -0.2) is 48.1 Å². The Labute approximate surface area is 113 Å². The Morgan fingerprint density at radius 2 is 1.61 bits per heavy atom. The van der Waals surface area contributed by atoms with Gasteiger partial charge in [-0.05, 0) is 57.7 Å². The monoisotopic (exact) mass is 250 g/mol. The summed E-state index contributed by atoms with van der Waals surface area (Å²) < 4.78 is 0. The van der Waals surface area contributed by atoms with Crippen LogP contribution in [0.1, 0.15) is 58.3 Å². The summed E-state index contributed by atoms with van der Waals surface area (Å²) in [5.74, 6) is 0.992. The van der Waals surface area contributed by atoms with Gasteiger partial charge in [0.2, 0.25) is 0 Å². The lowest BCUT2D eigenvalue weighted by Gasteiger charge is -2.40. The van der Waals surface area contributed by atoms with Crippen molar-refractivity contribution in [2.75, 3.05) is 26.2 Å². The van der Waals surface area contributed by atoms with Gasteiger partial charge in [-0.3, -0.25) is 9.80 Å². The summed E-state index contributed by atoms with van der Waals surface area (Å²) in [6.45, 7) is 7.89. The van der Waals surface area contributed by atoms with E-state index < -0.39 is 0 Å². The highest BCUT2D eigenvalue weighted by Crippen LogP contribution is 2.33. The van der Waals surface area contributed by atoms with Crippen LogP contribution in [0.4, 0.5) is 0 Å². The second-order valence-electron chi connectivity index (χ2n) is 6.70. The van der Waals surface area contributed by atoms with Crippen molar-refractivity contribution in [1.29, 1.82) is 0 Å². The van der Waals surface area contributed by atoms with E-state index >= 15 is 0 Å². The van der Waals surface area contributed by atoms with Crippen LogP contribution < -0.4 is 0 Å². The van der Waals surface area contributed by atoms with Crippen LogP contribution in [0.3, 0.4) is 0 Å². The lowest BCUT2D eigenvalue weighted by molar-refractivity contribution is 0.0929. The Hall–Kier alpha value is -0.0800. The SMILES string of the molecule is CCC1CCCCC1N1CCCN2CCCC2C1. The smallest absolute Gasteiger partial charge is 0.0223 e. The van der Waals surface area contributed by atoms with E-state index in [1.54, 1.807) is 0 Å². The summed E-state index contributed by atoms with van der Waals surface area (Å²) >= 11 is 0. The Morgan fingerprint density at radius 1 is 0.833 bits per heavy atom. The molecule has 0 bridgehead atoms. The van der Waals surface area contributed by atoms with Gasteiger partial charge in [0.1, 0.15) is 0 Å². The van der Waals surface area contributed by atoms with E-state index in [0.717, 1.165) is 18.0 Å². The first-order chi connectivity index (χ1) is 8.88. The molecule has 2 heteroatoms. The maximum absolute atomic E-state index is 2.89. The fraction of sp³-hybridized carbons (Fsp3) is 1.00. The first kappa shape index (κ1) is 12.9. The minimum absolute atomic E-state index is 0.895. The van der Waals surface area contributed by atoms with Crippen LogP contribution >= 0.6 is 0 Å². The summed E-state index contributed by atoms with van der Waals surface area (Å²) in [4.78, 5) is 5.66. The molecule has 104 valence electrons. The van der Waals surface area contributed by atoms with Crippen molar-refractivity contribution >= 4 is 0 Å². The minimum atomic E-state index is 0.895. The molecule has 3 aliphatic rings. The molecule has 3 unspecified atom stereocenters. The number of hydrogen-bond donors (Lipinski definition) is 0. The lowest BCUT2D eigenvalue weighted by atomic mass is 9.81. The molecule has 1 aliphatic carbocycles. The van der Waals surface area contributed by atoms with Crippen molar-refractivity contribution in [2.45, 2.75) is 70.4 Å². The molecule has 0 aromatic rings. The van der Waals surface area contributed by atoms with Gasteiger partial charge in [0.25, 0.3) is 0 Å². The Morgan fingerprint density at radius 3 is 2.50 bits per heavy atom. The maximum atomic E-state index is 2.89. The normalized spacial score (nSPS) is 39.5. The predicted octanol–water partition coefficient (Wildman–Crippen LogP) is 3.13. The fourth-order valence-electron chi connectivity index (χ4n) is 4.68. The first-order valence-electron chi connectivity index (χ1n) is 8.36. The van der Waals surface area contributed by atoms with E-state index in [-0.39, 0.29) is 0 Å². The van der Waals surface area contributed by atoms with E-state index in [2.05, 4.69) is 16.7 Å². The third-order valence-corrected chi connectivity index (χ3v) is 5.70. The van der Waals surface area contributed by atoms with Gasteiger partial charge in [0, 0.05) is 18.6 Å². The third-order valence-electron chi connectivity index (χ3n) is 5.70. The summed E-state index contributed by atoms with van der Waals surface area (Å²) in [5, 5.41) is 0. The number of fused-ring (bicyclic) bond motifs is 1. The van der Waals surface area contributed by atoms with E-state index in [4.69, 9.17) is 0 Å². The van der Waals surface area contributed by atoms with E-state index in [0.29, 0.717) is 0 Å². The van der Waals surface area contributed by atoms with Crippen LogP contribution in [0.5, 0.6) is 0 Å². The second-order valence-corrected chi connectivity index (χ2v) is 6.70. The molecule has 1 saturated carbocycles. The van der Waals surface area contributed by atoms with Gasteiger partial charge in [-0.2, -0.15) is 0 Å². The van der Waals surface area contributed by atoms with Crippen molar-refractivity contribution < 1.29 is 0 Å². The molecule has 0 aromatic heterocycles. The van der Waals surface area contributed by atoms with Gasteiger partial charge in [-0.15, -0.1) is 0 Å². The van der Waals surface area contributed by atoms with Crippen molar-refractivity contribution in [2.24, 2.45) is 5.92 Å². The van der Waals surface area contributed by atoms with Gasteiger partial charge in [0.15, 0.2) is 0 Å². The molecule has 2 heterocycles. The van der Waals surface area contributed by atoms with Crippen molar-refractivity contribution in [3.63, 3.8) is 0 Å². The van der Waals surface area contributed by atoms with Crippen LogP contribution in [0, 0.1) is 5.92 Å². The zero-order valence-electron chi connectivity index (χ0n) is 12.1. The van der Waals surface area contributed by atoms with Crippen LogP contribution in [0.15, 0.2) is 0 Å². The molecule has 3 fully saturated rings. The van der Waals surface area contributed by atoms with Crippen LogP contribution in [0.25, 0.3) is 0 Å². The number of hydrogen-bond acceptors (Lipinski definition) is 2. The summed E-state index contributed by atoms with van der Waals surface area (Å²) in [5.41, 5.74) is 0. The molecule has 2 aliphatic heterocycles. The average molecular weight is 250 g/mol. The summed E-state index contributed by atoms with van der Waals surface area (Å²) in [6.07, 6.45) is 11.6. The molecular formula is C16H30N2. The van der Waals surface area contributed by atoms with Crippen LogP contribution in [-0.2, 0) is 0 Å². The van der Waals surface area contributed by atoms with Crippen molar-refractivity contribution in [3.05, 3.63) is 0 Å². The molecule has 0 N–H and O–H groups in total. The fourth-order valence-corrected chi connectivity index (χ4v) is 4.68. The number of nitrogens with zero attached hydrogens (tertiary/aromatic N) is 2. The Kier molecular flexibility index (Phi) is 4.25. The van der Waals surface area contributed by atoms with E-state index in [1.807, 2.05) is 0 Å². The molecule has 3 rings (SSSR count). The molecular weight excluding hydrogens is 220 g/mol. The summed E-state index contributed by atoms with van der Waals surface area (Å²) in [7, 11) is 0. The van der Waals surface area contributed by atoms with Gasteiger partial charge in [-0.25, -0.2) is 0 Å². The van der Waals surface area contributed by atoms with Crippen molar-refractivity contribution in [1.82, 2.24) is 9.80 Å². The van der Waals surface area contributed by atoms with Gasteiger partial charge in [0.05, 0.1) is 0 Å². The molecule has 0 radical (unpaired) electrons. The summed E-state index contributed by atoms with van der Waals surface area (Å²) in [6, 6.07) is 1.82. The zero-order chi connectivity index (χ0) is 12.4. The third kappa shape index (κ3) is 2.60. The molecule has 0 aromatic carbocycles. The predicted molar refractivity (Wildman–Crippen MR) is 76.8 cm³/mol.